The van der Waals surface area contributed by atoms with Gasteiger partial charge in [-0.25, -0.2) is 0 Å². The summed E-state index contributed by atoms with van der Waals surface area (Å²) in [4.78, 5) is 0. The van der Waals surface area contributed by atoms with Crippen LogP contribution in [0.2, 0.25) is 0 Å². The van der Waals surface area contributed by atoms with E-state index in [1.165, 1.54) is 25.7 Å². The Hall–Kier alpha value is -0.466. The van der Waals surface area contributed by atoms with Gasteiger partial charge in [0.1, 0.15) is 0 Å². The maximum Gasteiger partial charge on any atom is -0.269 e. The summed E-state index contributed by atoms with van der Waals surface area (Å²) < 4.78 is 3.60. The van der Waals surface area contributed by atoms with Gasteiger partial charge in [-0.2, -0.15) is 0 Å². The van der Waals surface area contributed by atoms with E-state index in [2.05, 4.69) is 52.0 Å². The molecule has 0 saturated heterocycles. The predicted octanol–water partition coefficient (Wildman–Crippen LogP) is 5.89. The molecule has 0 amide bonds. The topological polar surface area (TPSA) is 0 Å². The van der Waals surface area contributed by atoms with Gasteiger partial charge in [0.05, 0.1) is 0 Å². The Kier molecular flexibility index (Phi) is 9.32. The smallest absolute Gasteiger partial charge is 0.269 e. The summed E-state index contributed by atoms with van der Waals surface area (Å²) in [6.07, 6.45) is 14.6. The normalized spacial score (nSPS) is 16.9. The summed E-state index contributed by atoms with van der Waals surface area (Å²) in [5, 5.41) is 0. The summed E-state index contributed by atoms with van der Waals surface area (Å²) in [7, 11) is 0. The molecule has 0 fully saturated rings. The first-order valence-electron chi connectivity index (χ1n) is 7.60. The average Bonchev–Trinajstić information content (AvgIpc) is 2.89. The molecule has 0 aromatic heterocycles. The van der Waals surface area contributed by atoms with E-state index >= 15 is 0 Å². The molecule has 118 valence electrons. The fourth-order valence-corrected chi connectivity index (χ4v) is 5.14. The molecular weight excluding hydrogens is 302 g/mol. The van der Waals surface area contributed by atoms with Crippen LogP contribution in [-0.2, 0) is 19.2 Å². The minimum atomic E-state index is -0.0429. The van der Waals surface area contributed by atoms with Crippen molar-refractivity contribution < 1.29 is 28.6 Å². The summed E-state index contributed by atoms with van der Waals surface area (Å²) in [6, 6.07) is 0. The van der Waals surface area contributed by atoms with E-state index in [9.17, 15) is 0 Å². The van der Waals surface area contributed by atoms with Gasteiger partial charge < -0.3 is 0 Å². The molecule has 0 spiro atoms. The van der Waals surface area contributed by atoms with E-state index in [1.54, 1.807) is 18.9 Å². The van der Waals surface area contributed by atoms with Crippen LogP contribution >= 0.6 is 0 Å². The van der Waals surface area contributed by atoms with Crippen LogP contribution in [0.5, 0.6) is 0 Å². The Morgan fingerprint density at radius 2 is 1.19 bits per heavy atom. The minimum Gasteiger partial charge on any atom is -0.269 e. The molecule has 0 aromatic rings. The standard InChI is InChI=1S/2C9H13.2FH.Ti/c2*1-8(2)7-9-5-3-4-6-9;;;/h2*3,5,8H,4,7H2,1-2H3;2*1H;. The second-order valence-electron chi connectivity index (χ2n) is 6.54. The monoisotopic (exact) mass is 330 g/mol. The molecular formula is C18H28F2Ti. The van der Waals surface area contributed by atoms with Crippen molar-refractivity contribution in [1.82, 2.24) is 0 Å². The Balaban J connectivity index is 0.00000200. The van der Waals surface area contributed by atoms with Gasteiger partial charge in [0.2, 0.25) is 0 Å². The van der Waals surface area contributed by atoms with Gasteiger partial charge >= 0.3 is 128 Å². The van der Waals surface area contributed by atoms with E-state index < -0.39 is 0 Å². The van der Waals surface area contributed by atoms with Crippen molar-refractivity contribution in [1.29, 1.82) is 0 Å². The van der Waals surface area contributed by atoms with E-state index in [1.807, 2.05) is 0 Å². The number of rotatable bonds is 6. The summed E-state index contributed by atoms with van der Waals surface area (Å²) in [5.74, 6) is 1.57. The first-order chi connectivity index (χ1) is 9.06. The van der Waals surface area contributed by atoms with Crippen LogP contribution in [0.4, 0.5) is 9.41 Å². The van der Waals surface area contributed by atoms with E-state index in [0.29, 0.717) is 0 Å². The minimum absolute atomic E-state index is 0. The number of halogens is 2. The number of hydrogen-bond donors (Lipinski definition) is 0. The van der Waals surface area contributed by atoms with Crippen LogP contribution in [0.3, 0.4) is 0 Å². The molecule has 2 rings (SSSR count). The molecule has 0 aliphatic heterocycles. The molecule has 0 heterocycles. The predicted molar refractivity (Wildman–Crippen MR) is 85.5 cm³/mol. The zero-order valence-electron chi connectivity index (χ0n) is 13.6. The molecule has 0 saturated carbocycles. The first kappa shape index (κ1) is 20.5. The molecule has 2 aliphatic rings. The van der Waals surface area contributed by atoms with Gasteiger partial charge in [0.15, 0.2) is 0 Å². The van der Waals surface area contributed by atoms with Crippen molar-refractivity contribution in [3.8, 4) is 0 Å². The van der Waals surface area contributed by atoms with Gasteiger partial charge in [-0.1, -0.05) is 0 Å². The van der Waals surface area contributed by atoms with Crippen LogP contribution in [0.25, 0.3) is 0 Å². The molecule has 0 radical (unpaired) electrons. The van der Waals surface area contributed by atoms with Gasteiger partial charge in [-0.15, -0.1) is 0 Å². The van der Waals surface area contributed by atoms with Gasteiger partial charge in [-0.3, -0.25) is 9.41 Å². The maximum absolute atomic E-state index is 2.39. The second kappa shape index (κ2) is 9.53. The van der Waals surface area contributed by atoms with Crippen molar-refractivity contribution in [2.75, 3.05) is 0 Å². The van der Waals surface area contributed by atoms with Crippen molar-refractivity contribution >= 4 is 0 Å². The van der Waals surface area contributed by atoms with Crippen molar-refractivity contribution in [3.63, 3.8) is 0 Å². The molecule has 0 nitrogen and oxygen atoms in total. The van der Waals surface area contributed by atoms with Gasteiger partial charge in [0, 0.05) is 0 Å². The number of hydrogen-bond acceptors (Lipinski definition) is 0. The van der Waals surface area contributed by atoms with Crippen molar-refractivity contribution in [2.45, 2.75) is 53.4 Å². The van der Waals surface area contributed by atoms with Crippen LogP contribution < -0.4 is 0 Å². The van der Waals surface area contributed by atoms with Gasteiger partial charge in [-0.05, 0) is 0 Å². The van der Waals surface area contributed by atoms with Crippen LogP contribution in [0, 0.1) is 11.8 Å². The molecule has 0 bridgehead atoms. The third kappa shape index (κ3) is 6.04. The second-order valence-corrected chi connectivity index (χ2v) is 8.82. The van der Waals surface area contributed by atoms with E-state index in [-0.39, 0.29) is 28.6 Å². The SMILES string of the molecule is CC(C)CC1=[C]([Ti][C]2=C(CC(C)C)C=CC2)CC=C1.F.F. The number of allylic oxidation sites excluding steroid dienone is 8. The Labute approximate surface area is 137 Å². The quantitative estimate of drug-likeness (QED) is 0.532. The Morgan fingerprint density at radius 3 is 1.52 bits per heavy atom. The molecule has 0 aromatic carbocycles. The van der Waals surface area contributed by atoms with Crippen molar-refractivity contribution in [2.24, 2.45) is 11.8 Å². The summed E-state index contributed by atoms with van der Waals surface area (Å²) in [5.41, 5.74) is 3.33. The Morgan fingerprint density at radius 1 is 0.810 bits per heavy atom. The maximum atomic E-state index is 2.39. The molecule has 21 heavy (non-hydrogen) atoms. The molecule has 3 heteroatoms. The Bertz CT molecular complexity index is 412. The largest absolute Gasteiger partial charge is 0.269 e. The van der Waals surface area contributed by atoms with E-state index in [0.717, 1.165) is 11.8 Å². The summed E-state index contributed by atoms with van der Waals surface area (Å²) in [6.45, 7) is 9.32. The average molecular weight is 330 g/mol. The fraction of sp³-hybridized carbons (Fsp3) is 0.556. The van der Waals surface area contributed by atoms with Crippen LogP contribution in [0.15, 0.2) is 43.2 Å². The van der Waals surface area contributed by atoms with Crippen LogP contribution in [-0.4, -0.2) is 0 Å². The van der Waals surface area contributed by atoms with Crippen molar-refractivity contribution in [3.05, 3.63) is 43.2 Å². The molecule has 0 N–H and O–H groups in total. The van der Waals surface area contributed by atoms with Gasteiger partial charge in [0.25, 0.3) is 0 Å². The zero-order chi connectivity index (χ0) is 13.8. The van der Waals surface area contributed by atoms with E-state index in [4.69, 9.17) is 0 Å². The fourth-order valence-electron chi connectivity index (χ4n) is 2.81. The zero-order valence-corrected chi connectivity index (χ0v) is 15.2. The third-order valence-corrected chi connectivity index (χ3v) is 6.20. The molecule has 2 aliphatic carbocycles. The van der Waals surface area contributed by atoms with Crippen LogP contribution in [0.1, 0.15) is 53.4 Å². The summed E-state index contributed by atoms with van der Waals surface area (Å²) >= 11 is -0.0429. The molecule has 0 atom stereocenters. The first-order valence-corrected chi connectivity index (χ1v) is 9.16. The molecule has 0 unspecified atom stereocenters. The third-order valence-electron chi connectivity index (χ3n) is 3.62.